The summed E-state index contributed by atoms with van der Waals surface area (Å²) in [7, 11) is -1.13. The predicted octanol–water partition coefficient (Wildman–Crippen LogP) is -0.251. The Morgan fingerprint density at radius 1 is 1.53 bits per heavy atom. The Balaban J connectivity index is 2.41. The maximum atomic E-state index is 11.2. The zero-order chi connectivity index (χ0) is 11.3. The third-order valence-corrected chi connectivity index (χ3v) is 4.11. The highest BCUT2D eigenvalue weighted by atomic mass is 32.2. The number of hydrogen-bond acceptors (Lipinski definition) is 3. The molecule has 1 rings (SSSR count). The third kappa shape index (κ3) is 4.07. The second-order valence-electron chi connectivity index (χ2n) is 3.74. The molecule has 0 radical (unpaired) electrons. The summed E-state index contributed by atoms with van der Waals surface area (Å²) in [6.07, 6.45) is 1.69. The minimum atomic E-state index is -2.82. The van der Waals surface area contributed by atoms with Crippen molar-refractivity contribution in [3.8, 4) is 0 Å². The van der Waals surface area contributed by atoms with Crippen molar-refractivity contribution in [1.29, 1.82) is 0 Å². The fourth-order valence-electron chi connectivity index (χ4n) is 1.54. The molecule has 0 amide bonds. The molecule has 0 aliphatic carbocycles. The van der Waals surface area contributed by atoms with Gasteiger partial charge in [0.15, 0.2) is 15.8 Å². The minimum absolute atomic E-state index is 0.0121. The summed E-state index contributed by atoms with van der Waals surface area (Å²) in [4.78, 5) is 4.04. The van der Waals surface area contributed by atoms with Crippen molar-refractivity contribution in [2.75, 3.05) is 25.1 Å². The van der Waals surface area contributed by atoms with E-state index in [-0.39, 0.29) is 17.5 Å². The Morgan fingerprint density at radius 2 is 2.27 bits per heavy atom. The lowest BCUT2D eigenvalue weighted by Crippen LogP contribution is -2.44. The minimum Gasteiger partial charge on any atom is -0.356 e. The number of guanidine groups is 1. The van der Waals surface area contributed by atoms with Gasteiger partial charge in [0.2, 0.25) is 0 Å². The van der Waals surface area contributed by atoms with Gasteiger partial charge in [0, 0.05) is 19.6 Å². The van der Waals surface area contributed by atoms with Gasteiger partial charge in [-0.1, -0.05) is 6.92 Å². The molecule has 1 aliphatic rings. The van der Waals surface area contributed by atoms with Crippen LogP contribution in [0.2, 0.25) is 0 Å². The Labute approximate surface area is 91.3 Å². The van der Waals surface area contributed by atoms with Gasteiger partial charge in [-0.05, 0) is 12.8 Å². The second kappa shape index (κ2) is 5.34. The number of rotatable bonds is 3. The maximum absolute atomic E-state index is 11.2. The van der Waals surface area contributed by atoms with Gasteiger partial charge in [-0.15, -0.1) is 0 Å². The van der Waals surface area contributed by atoms with Gasteiger partial charge >= 0.3 is 0 Å². The molecule has 0 bridgehead atoms. The van der Waals surface area contributed by atoms with Crippen LogP contribution in [0.3, 0.4) is 0 Å². The molecule has 0 aromatic carbocycles. The van der Waals surface area contributed by atoms with Crippen LogP contribution in [0.4, 0.5) is 0 Å². The molecule has 1 fully saturated rings. The summed E-state index contributed by atoms with van der Waals surface area (Å²) in [5.74, 6) is 1.20. The van der Waals surface area contributed by atoms with Gasteiger partial charge in [-0.2, -0.15) is 0 Å². The van der Waals surface area contributed by atoms with E-state index in [0.29, 0.717) is 12.4 Å². The van der Waals surface area contributed by atoms with Gasteiger partial charge in [0.05, 0.1) is 11.5 Å². The molecule has 0 aromatic heterocycles. The monoisotopic (exact) mass is 233 g/mol. The molecule has 1 saturated heterocycles. The highest BCUT2D eigenvalue weighted by Crippen LogP contribution is 2.10. The molecular weight excluding hydrogens is 214 g/mol. The molecule has 1 aliphatic heterocycles. The summed E-state index contributed by atoms with van der Waals surface area (Å²) >= 11 is 0. The van der Waals surface area contributed by atoms with Gasteiger partial charge < -0.3 is 10.6 Å². The first-order chi connectivity index (χ1) is 7.07. The van der Waals surface area contributed by atoms with E-state index in [4.69, 9.17) is 0 Å². The topological polar surface area (TPSA) is 70.6 Å². The average Bonchev–Trinajstić information content (AvgIpc) is 2.52. The fraction of sp³-hybridized carbons (Fsp3) is 0.889. The lowest BCUT2D eigenvalue weighted by molar-refractivity contribution is 0.599. The first kappa shape index (κ1) is 12.3. The second-order valence-corrected chi connectivity index (χ2v) is 5.97. The summed E-state index contributed by atoms with van der Waals surface area (Å²) in [6, 6.07) is 0.0121. The van der Waals surface area contributed by atoms with Crippen LogP contribution in [0.15, 0.2) is 4.99 Å². The van der Waals surface area contributed by atoms with E-state index in [9.17, 15) is 8.42 Å². The number of aliphatic imine (C=N–C) groups is 1. The summed E-state index contributed by atoms with van der Waals surface area (Å²) in [5, 5.41) is 6.23. The Kier molecular flexibility index (Phi) is 4.38. The fourth-order valence-corrected chi connectivity index (χ4v) is 3.21. The molecule has 1 unspecified atom stereocenters. The lowest BCUT2D eigenvalue weighted by Gasteiger charge is -2.15. The van der Waals surface area contributed by atoms with Crippen LogP contribution in [-0.4, -0.2) is 45.5 Å². The number of nitrogens with zero attached hydrogens (tertiary/aromatic N) is 1. The van der Waals surface area contributed by atoms with Gasteiger partial charge in [-0.25, -0.2) is 8.42 Å². The van der Waals surface area contributed by atoms with Crippen LogP contribution in [0, 0.1) is 0 Å². The van der Waals surface area contributed by atoms with Crippen LogP contribution < -0.4 is 10.6 Å². The van der Waals surface area contributed by atoms with Crippen molar-refractivity contribution < 1.29 is 8.42 Å². The predicted molar refractivity (Wildman–Crippen MR) is 61.8 cm³/mol. The standard InChI is InChI=1S/C9H19N3O2S/c1-3-5-11-9(10-2)12-8-4-6-15(13,14)7-8/h8H,3-7H2,1-2H3,(H2,10,11,12). The summed E-state index contributed by atoms with van der Waals surface area (Å²) in [6.45, 7) is 2.92. The molecule has 1 heterocycles. The third-order valence-electron chi connectivity index (χ3n) is 2.34. The summed E-state index contributed by atoms with van der Waals surface area (Å²) in [5.41, 5.74) is 0. The SMILES string of the molecule is CCCNC(=NC)NC1CCS(=O)(=O)C1. The van der Waals surface area contributed by atoms with E-state index in [0.717, 1.165) is 13.0 Å². The van der Waals surface area contributed by atoms with Crippen molar-refractivity contribution >= 4 is 15.8 Å². The molecule has 0 saturated carbocycles. The number of nitrogens with one attached hydrogen (secondary N) is 2. The zero-order valence-electron chi connectivity index (χ0n) is 9.28. The largest absolute Gasteiger partial charge is 0.356 e. The Morgan fingerprint density at radius 3 is 2.73 bits per heavy atom. The molecule has 88 valence electrons. The molecule has 0 spiro atoms. The van der Waals surface area contributed by atoms with Gasteiger partial charge in [0.25, 0.3) is 0 Å². The normalized spacial score (nSPS) is 25.2. The van der Waals surface area contributed by atoms with E-state index in [1.807, 2.05) is 0 Å². The van der Waals surface area contributed by atoms with Crippen molar-refractivity contribution in [3.63, 3.8) is 0 Å². The molecule has 5 nitrogen and oxygen atoms in total. The Hall–Kier alpha value is -0.780. The van der Waals surface area contributed by atoms with E-state index < -0.39 is 9.84 Å². The van der Waals surface area contributed by atoms with E-state index in [1.54, 1.807) is 7.05 Å². The first-order valence-corrected chi connectivity index (χ1v) is 7.07. The van der Waals surface area contributed by atoms with Crippen LogP contribution >= 0.6 is 0 Å². The van der Waals surface area contributed by atoms with Crippen LogP contribution in [0.5, 0.6) is 0 Å². The van der Waals surface area contributed by atoms with Crippen LogP contribution in [0.1, 0.15) is 19.8 Å². The number of sulfone groups is 1. The first-order valence-electron chi connectivity index (χ1n) is 5.25. The van der Waals surface area contributed by atoms with Crippen LogP contribution in [0.25, 0.3) is 0 Å². The summed E-state index contributed by atoms with van der Waals surface area (Å²) < 4.78 is 22.4. The zero-order valence-corrected chi connectivity index (χ0v) is 10.1. The smallest absolute Gasteiger partial charge is 0.191 e. The highest BCUT2D eigenvalue weighted by Gasteiger charge is 2.28. The maximum Gasteiger partial charge on any atom is 0.191 e. The van der Waals surface area contributed by atoms with Crippen molar-refractivity contribution in [1.82, 2.24) is 10.6 Å². The van der Waals surface area contributed by atoms with Crippen molar-refractivity contribution in [2.45, 2.75) is 25.8 Å². The average molecular weight is 233 g/mol. The van der Waals surface area contributed by atoms with E-state index in [1.165, 1.54) is 0 Å². The molecule has 15 heavy (non-hydrogen) atoms. The van der Waals surface area contributed by atoms with Crippen molar-refractivity contribution in [3.05, 3.63) is 0 Å². The van der Waals surface area contributed by atoms with E-state index in [2.05, 4.69) is 22.5 Å². The molecule has 6 heteroatoms. The molecule has 1 atom stereocenters. The number of hydrogen-bond donors (Lipinski definition) is 2. The quantitative estimate of drug-likeness (QED) is 0.521. The molecular formula is C9H19N3O2S. The van der Waals surface area contributed by atoms with Crippen molar-refractivity contribution in [2.24, 2.45) is 4.99 Å². The van der Waals surface area contributed by atoms with Gasteiger partial charge in [0.1, 0.15) is 0 Å². The van der Waals surface area contributed by atoms with Crippen LogP contribution in [-0.2, 0) is 9.84 Å². The Bertz CT molecular complexity index is 324. The highest BCUT2D eigenvalue weighted by molar-refractivity contribution is 7.91. The molecule has 2 N–H and O–H groups in total. The van der Waals surface area contributed by atoms with E-state index >= 15 is 0 Å². The lowest BCUT2D eigenvalue weighted by atomic mass is 10.3. The van der Waals surface area contributed by atoms with Gasteiger partial charge in [-0.3, -0.25) is 4.99 Å². The molecule has 0 aromatic rings.